The molecule has 0 amide bonds. The minimum atomic E-state index is -1.06. The van der Waals surface area contributed by atoms with Crippen LogP contribution in [0.3, 0.4) is 0 Å². The van der Waals surface area contributed by atoms with Gasteiger partial charge in [0.1, 0.15) is 23.6 Å². The number of morpholine rings is 1. The number of carboxylic acid groups (broad SMARTS) is 1. The number of nitrogens with one attached hydrogen (secondary N) is 1. The maximum atomic E-state index is 12.9. The SMILES string of the molecule is C[C@@H](COc1ccnc2ccsc12)CC1Cc2ccc(OCCN3CCOCC3)cc2C12CCC(Nc1cccc(Cl)c1)(C(=O)O)CC2. The third-order valence-electron chi connectivity index (χ3n) is 10.8. The summed E-state index contributed by atoms with van der Waals surface area (Å²) in [7, 11) is 0. The lowest BCUT2D eigenvalue weighted by molar-refractivity contribution is -0.144. The van der Waals surface area contributed by atoms with Gasteiger partial charge in [-0.3, -0.25) is 9.88 Å². The highest BCUT2D eigenvalue weighted by Gasteiger charge is 2.54. The average molecular weight is 690 g/mol. The van der Waals surface area contributed by atoms with Gasteiger partial charge in [0, 0.05) is 36.5 Å². The normalized spacial score (nSPS) is 24.8. The molecule has 3 heterocycles. The van der Waals surface area contributed by atoms with E-state index in [9.17, 15) is 9.90 Å². The molecule has 0 bridgehead atoms. The minimum Gasteiger partial charge on any atom is -0.492 e. The standard InChI is InChI=1S/C38H44ClN3O5S/c1-26(25-47-34-7-13-40-33-8-20-48-35(33)34)21-28-22-27-5-6-31(46-19-16-42-14-17-45-18-15-42)24-32(27)37(28)9-11-38(12-10-37,36(43)44)41-30-4-2-3-29(39)23-30/h2-8,13,20,23-24,26,28,41H,9-12,14-19,21-22,25H2,1H3,(H,43,44)/t26-,28?,37?,38?/m1/s1. The van der Waals surface area contributed by atoms with Crippen LogP contribution in [-0.2, 0) is 21.4 Å². The molecule has 1 spiro atoms. The number of carboxylic acids is 1. The number of ether oxygens (including phenoxy) is 3. The fourth-order valence-electron chi connectivity index (χ4n) is 8.18. The molecule has 8 nitrogen and oxygen atoms in total. The summed E-state index contributed by atoms with van der Waals surface area (Å²) in [5.74, 6) is 1.65. The molecule has 2 aliphatic carbocycles. The fraction of sp³-hybridized carbons (Fsp3) is 0.474. The van der Waals surface area contributed by atoms with Gasteiger partial charge in [0.05, 0.1) is 30.0 Å². The van der Waals surface area contributed by atoms with E-state index in [0.29, 0.717) is 42.9 Å². The van der Waals surface area contributed by atoms with Crippen LogP contribution in [0.5, 0.6) is 11.5 Å². The number of aromatic nitrogens is 1. The predicted molar refractivity (Wildman–Crippen MR) is 191 cm³/mol. The van der Waals surface area contributed by atoms with Crippen molar-refractivity contribution < 1.29 is 24.1 Å². The number of thiophene rings is 1. The highest BCUT2D eigenvalue weighted by Crippen LogP contribution is 2.56. The first-order valence-corrected chi connectivity index (χ1v) is 18.4. The summed E-state index contributed by atoms with van der Waals surface area (Å²) in [5, 5.41) is 16.6. The largest absolute Gasteiger partial charge is 0.492 e. The van der Waals surface area contributed by atoms with Gasteiger partial charge in [-0.15, -0.1) is 11.3 Å². The Morgan fingerprint density at radius 2 is 1.96 bits per heavy atom. The number of rotatable bonds is 12. The van der Waals surface area contributed by atoms with Crippen LogP contribution in [0.2, 0.25) is 5.02 Å². The van der Waals surface area contributed by atoms with Crippen molar-refractivity contribution in [3.8, 4) is 11.5 Å². The lowest BCUT2D eigenvalue weighted by Crippen LogP contribution is -2.53. The third-order valence-corrected chi connectivity index (χ3v) is 11.9. The highest BCUT2D eigenvalue weighted by atomic mass is 35.5. The first-order valence-electron chi connectivity index (χ1n) is 17.1. The molecule has 3 aliphatic rings. The van der Waals surface area contributed by atoms with E-state index in [0.717, 1.165) is 85.9 Å². The lowest BCUT2D eigenvalue weighted by Gasteiger charge is -2.47. The lowest BCUT2D eigenvalue weighted by atomic mass is 9.59. The second kappa shape index (κ2) is 14.2. The number of benzene rings is 2. The van der Waals surface area contributed by atoms with Gasteiger partial charge in [-0.05, 0) is 115 Å². The minimum absolute atomic E-state index is 0.139. The van der Waals surface area contributed by atoms with Gasteiger partial charge in [0.2, 0.25) is 0 Å². The molecule has 2 N–H and O–H groups in total. The molecule has 2 atom stereocenters. The molecule has 2 aromatic heterocycles. The van der Waals surface area contributed by atoms with Crippen LogP contribution < -0.4 is 14.8 Å². The molecule has 1 saturated carbocycles. The molecule has 2 fully saturated rings. The fourth-order valence-corrected chi connectivity index (χ4v) is 9.19. The molecule has 1 aliphatic heterocycles. The second-order valence-corrected chi connectivity index (χ2v) is 15.1. The number of hydrogen-bond donors (Lipinski definition) is 2. The molecule has 4 aromatic rings. The van der Waals surface area contributed by atoms with Gasteiger partial charge < -0.3 is 24.6 Å². The number of carbonyl (C=O) groups is 1. The molecule has 48 heavy (non-hydrogen) atoms. The Bertz CT molecular complexity index is 1730. The Morgan fingerprint density at radius 1 is 1.12 bits per heavy atom. The Balaban J connectivity index is 1.11. The van der Waals surface area contributed by atoms with Gasteiger partial charge >= 0.3 is 5.97 Å². The Labute approximate surface area is 291 Å². The van der Waals surface area contributed by atoms with Crippen LogP contribution in [0.15, 0.2) is 66.2 Å². The zero-order valence-corrected chi connectivity index (χ0v) is 29.0. The summed E-state index contributed by atoms with van der Waals surface area (Å²) >= 11 is 7.93. The summed E-state index contributed by atoms with van der Waals surface area (Å²) < 4.78 is 19.3. The topological polar surface area (TPSA) is 93.2 Å². The molecular formula is C38H44ClN3O5S. The quantitative estimate of drug-likeness (QED) is 0.157. The summed E-state index contributed by atoms with van der Waals surface area (Å²) in [4.78, 5) is 19.8. The van der Waals surface area contributed by atoms with Crippen molar-refractivity contribution in [3.05, 3.63) is 82.3 Å². The number of fused-ring (bicyclic) bond motifs is 3. The van der Waals surface area contributed by atoms with E-state index in [1.165, 1.54) is 11.1 Å². The van der Waals surface area contributed by atoms with Crippen molar-refractivity contribution in [2.24, 2.45) is 11.8 Å². The maximum Gasteiger partial charge on any atom is 0.329 e. The molecule has 2 aromatic carbocycles. The smallest absolute Gasteiger partial charge is 0.329 e. The van der Waals surface area contributed by atoms with Crippen LogP contribution in [0.1, 0.15) is 50.2 Å². The third kappa shape index (κ3) is 6.88. The summed E-state index contributed by atoms with van der Waals surface area (Å²) in [6, 6.07) is 18.0. The molecule has 0 radical (unpaired) electrons. The first kappa shape index (κ1) is 33.1. The van der Waals surface area contributed by atoms with Crippen molar-refractivity contribution in [3.63, 3.8) is 0 Å². The number of halogens is 1. The van der Waals surface area contributed by atoms with Crippen molar-refractivity contribution in [1.29, 1.82) is 0 Å². The van der Waals surface area contributed by atoms with Crippen LogP contribution in [-0.4, -0.2) is 72.6 Å². The number of pyridine rings is 1. The van der Waals surface area contributed by atoms with Gasteiger partial charge in [-0.1, -0.05) is 30.7 Å². The molecule has 10 heteroatoms. The van der Waals surface area contributed by atoms with E-state index in [2.05, 4.69) is 45.7 Å². The summed E-state index contributed by atoms with van der Waals surface area (Å²) in [6.07, 6.45) is 6.36. The van der Waals surface area contributed by atoms with Crippen molar-refractivity contribution >= 4 is 44.8 Å². The van der Waals surface area contributed by atoms with Gasteiger partial charge in [0.15, 0.2) is 0 Å². The van der Waals surface area contributed by atoms with Gasteiger partial charge in [-0.2, -0.15) is 0 Å². The molecular weight excluding hydrogens is 646 g/mol. The van der Waals surface area contributed by atoms with Gasteiger partial charge in [0.25, 0.3) is 0 Å². The molecule has 7 rings (SSSR count). The number of aliphatic carboxylic acids is 1. The van der Waals surface area contributed by atoms with E-state index < -0.39 is 11.5 Å². The Morgan fingerprint density at radius 3 is 2.75 bits per heavy atom. The van der Waals surface area contributed by atoms with Crippen molar-refractivity contribution in [1.82, 2.24) is 9.88 Å². The highest BCUT2D eigenvalue weighted by molar-refractivity contribution is 7.17. The van der Waals surface area contributed by atoms with E-state index in [-0.39, 0.29) is 5.41 Å². The predicted octanol–water partition coefficient (Wildman–Crippen LogP) is 7.69. The zero-order chi connectivity index (χ0) is 33.1. The summed E-state index contributed by atoms with van der Waals surface area (Å²) in [5.41, 5.74) is 3.20. The number of hydrogen-bond acceptors (Lipinski definition) is 8. The Hall–Kier alpha value is -3.37. The monoisotopic (exact) mass is 689 g/mol. The molecule has 1 saturated heterocycles. The maximum absolute atomic E-state index is 12.9. The van der Waals surface area contributed by atoms with Gasteiger partial charge in [-0.25, -0.2) is 4.79 Å². The van der Waals surface area contributed by atoms with Crippen molar-refractivity contribution in [2.75, 3.05) is 51.4 Å². The molecule has 254 valence electrons. The van der Waals surface area contributed by atoms with E-state index in [1.807, 2.05) is 30.5 Å². The van der Waals surface area contributed by atoms with Crippen LogP contribution in [0.4, 0.5) is 5.69 Å². The number of anilines is 1. The van der Waals surface area contributed by atoms with E-state index in [4.69, 9.17) is 25.8 Å². The molecule has 1 unspecified atom stereocenters. The second-order valence-electron chi connectivity index (χ2n) is 13.8. The Kier molecular flexibility index (Phi) is 9.83. The van der Waals surface area contributed by atoms with Crippen LogP contribution in [0.25, 0.3) is 10.2 Å². The van der Waals surface area contributed by atoms with Crippen LogP contribution >= 0.6 is 22.9 Å². The van der Waals surface area contributed by atoms with Crippen molar-refractivity contribution in [2.45, 2.75) is 56.4 Å². The van der Waals surface area contributed by atoms with E-state index in [1.54, 1.807) is 23.5 Å². The van der Waals surface area contributed by atoms with Crippen LogP contribution in [0, 0.1) is 11.8 Å². The zero-order valence-electron chi connectivity index (χ0n) is 27.5. The summed E-state index contributed by atoms with van der Waals surface area (Å²) in [6.45, 7) is 7.82. The average Bonchev–Trinajstić information content (AvgIpc) is 3.69. The first-order chi connectivity index (χ1) is 23.3. The van der Waals surface area contributed by atoms with E-state index >= 15 is 0 Å². The number of nitrogens with zero attached hydrogens (tertiary/aromatic N) is 2.